The summed E-state index contributed by atoms with van der Waals surface area (Å²) in [5.41, 5.74) is 0. The number of hydrogen-bond acceptors (Lipinski definition) is 3. The van der Waals surface area contributed by atoms with Crippen molar-refractivity contribution in [3.8, 4) is 5.75 Å². The number of carbonyl (C=O) groups excluding carboxylic acids is 1. The van der Waals surface area contributed by atoms with E-state index in [2.05, 4.69) is 5.32 Å². The molecule has 4 nitrogen and oxygen atoms in total. The molecule has 1 amide bonds. The van der Waals surface area contributed by atoms with Crippen molar-refractivity contribution < 1.29 is 14.3 Å². The van der Waals surface area contributed by atoms with Crippen LogP contribution in [0.2, 0.25) is 10.0 Å². The molecule has 1 N–H and O–H groups in total. The van der Waals surface area contributed by atoms with Gasteiger partial charge < -0.3 is 14.8 Å². The van der Waals surface area contributed by atoms with Crippen LogP contribution in [-0.4, -0.2) is 30.8 Å². The molecule has 1 fully saturated rings. The van der Waals surface area contributed by atoms with E-state index in [0.29, 0.717) is 15.8 Å². The van der Waals surface area contributed by atoms with Gasteiger partial charge in [-0.15, -0.1) is 0 Å². The van der Waals surface area contributed by atoms with Crippen LogP contribution in [0, 0.1) is 0 Å². The molecule has 6 heteroatoms. The van der Waals surface area contributed by atoms with E-state index >= 15 is 0 Å². The molecule has 1 aromatic carbocycles. The molecule has 0 spiro atoms. The molecule has 116 valence electrons. The van der Waals surface area contributed by atoms with Crippen molar-refractivity contribution in [1.29, 1.82) is 0 Å². The average molecular weight is 332 g/mol. The predicted molar refractivity (Wildman–Crippen MR) is 83.1 cm³/mol. The van der Waals surface area contributed by atoms with Gasteiger partial charge in [-0.3, -0.25) is 4.79 Å². The Morgan fingerprint density at radius 1 is 1.43 bits per heavy atom. The van der Waals surface area contributed by atoms with Crippen LogP contribution in [0.1, 0.15) is 26.7 Å². The molecule has 1 aliphatic heterocycles. The second-order valence-electron chi connectivity index (χ2n) is 5.18. The number of ether oxygens (including phenoxy) is 2. The average Bonchev–Trinajstić information content (AvgIpc) is 2.95. The smallest absolute Gasteiger partial charge is 0.261 e. The maximum Gasteiger partial charge on any atom is 0.261 e. The van der Waals surface area contributed by atoms with Crippen molar-refractivity contribution in [2.24, 2.45) is 0 Å². The van der Waals surface area contributed by atoms with Crippen LogP contribution in [0.3, 0.4) is 0 Å². The monoisotopic (exact) mass is 331 g/mol. The third kappa shape index (κ3) is 4.50. The van der Waals surface area contributed by atoms with Gasteiger partial charge in [0.2, 0.25) is 0 Å². The van der Waals surface area contributed by atoms with Crippen LogP contribution in [0.25, 0.3) is 0 Å². The van der Waals surface area contributed by atoms with Gasteiger partial charge in [0, 0.05) is 11.6 Å². The topological polar surface area (TPSA) is 47.6 Å². The van der Waals surface area contributed by atoms with Crippen LogP contribution in [0.15, 0.2) is 18.2 Å². The lowest BCUT2D eigenvalue weighted by atomic mass is 10.1. The maximum absolute atomic E-state index is 12.1. The van der Waals surface area contributed by atoms with E-state index in [0.717, 1.165) is 19.4 Å². The molecule has 1 aromatic rings. The van der Waals surface area contributed by atoms with Crippen molar-refractivity contribution in [3.05, 3.63) is 28.2 Å². The Morgan fingerprint density at radius 3 is 2.81 bits per heavy atom. The Bertz CT molecular complexity index is 504. The highest BCUT2D eigenvalue weighted by Crippen LogP contribution is 2.28. The Hall–Kier alpha value is -0.970. The number of halogens is 2. The summed E-state index contributed by atoms with van der Waals surface area (Å²) in [6.45, 7) is 4.38. The highest BCUT2D eigenvalue weighted by molar-refractivity contribution is 6.35. The number of hydrogen-bond donors (Lipinski definition) is 1. The molecule has 21 heavy (non-hydrogen) atoms. The first-order chi connectivity index (χ1) is 9.97. The van der Waals surface area contributed by atoms with E-state index in [4.69, 9.17) is 32.7 Å². The largest absolute Gasteiger partial charge is 0.479 e. The third-order valence-corrected chi connectivity index (χ3v) is 3.99. The molecule has 0 unspecified atom stereocenters. The van der Waals surface area contributed by atoms with Gasteiger partial charge in [0.25, 0.3) is 5.91 Å². The van der Waals surface area contributed by atoms with Crippen LogP contribution in [0.5, 0.6) is 5.75 Å². The van der Waals surface area contributed by atoms with Gasteiger partial charge in [0.15, 0.2) is 6.10 Å². The van der Waals surface area contributed by atoms with Crippen molar-refractivity contribution in [2.75, 3.05) is 6.61 Å². The molecule has 1 heterocycles. The zero-order valence-electron chi connectivity index (χ0n) is 12.1. The molecule has 1 aliphatic rings. The van der Waals surface area contributed by atoms with Crippen LogP contribution < -0.4 is 10.1 Å². The fraction of sp³-hybridized carbons (Fsp3) is 0.533. The molecular formula is C15H19Cl2NO3. The van der Waals surface area contributed by atoms with E-state index in [1.807, 2.05) is 6.92 Å². The van der Waals surface area contributed by atoms with Crippen LogP contribution in [0.4, 0.5) is 0 Å². The summed E-state index contributed by atoms with van der Waals surface area (Å²) in [5.74, 6) is 0.248. The van der Waals surface area contributed by atoms with Gasteiger partial charge in [-0.1, -0.05) is 23.2 Å². The quantitative estimate of drug-likeness (QED) is 0.898. The minimum Gasteiger partial charge on any atom is -0.479 e. The van der Waals surface area contributed by atoms with Gasteiger partial charge in [-0.2, -0.15) is 0 Å². The second-order valence-corrected chi connectivity index (χ2v) is 6.03. The highest BCUT2D eigenvalue weighted by atomic mass is 35.5. The van der Waals surface area contributed by atoms with Gasteiger partial charge >= 0.3 is 0 Å². The van der Waals surface area contributed by atoms with E-state index in [-0.39, 0.29) is 18.1 Å². The Morgan fingerprint density at radius 2 is 2.19 bits per heavy atom. The first-order valence-electron chi connectivity index (χ1n) is 7.01. The number of benzene rings is 1. The number of rotatable bonds is 5. The molecular weight excluding hydrogens is 313 g/mol. The highest BCUT2D eigenvalue weighted by Gasteiger charge is 2.26. The first-order valence-corrected chi connectivity index (χ1v) is 7.76. The molecule has 2 rings (SSSR count). The van der Waals surface area contributed by atoms with E-state index in [9.17, 15) is 4.79 Å². The first kappa shape index (κ1) is 16.4. The summed E-state index contributed by atoms with van der Waals surface area (Å²) in [6, 6.07) is 4.87. The van der Waals surface area contributed by atoms with Crippen molar-refractivity contribution in [1.82, 2.24) is 5.32 Å². The zero-order valence-corrected chi connectivity index (χ0v) is 13.6. The minimum atomic E-state index is -0.646. The van der Waals surface area contributed by atoms with Crippen LogP contribution in [-0.2, 0) is 9.53 Å². The fourth-order valence-corrected chi connectivity index (χ4v) is 2.70. The Labute approximate surface area is 134 Å². The SMILES string of the molecule is C[C@@H](Oc1ccc(Cl)cc1Cl)C(=O)N[C@H](C)[C@@H]1CCCO1. The molecule has 0 radical (unpaired) electrons. The second kappa shape index (κ2) is 7.34. The maximum atomic E-state index is 12.1. The molecule has 0 bridgehead atoms. The molecule has 1 saturated heterocycles. The molecule has 0 aliphatic carbocycles. The fourth-order valence-electron chi connectivity index (χ4n) is 2.25. The van der Waals surface area contributed by atoms with Gasteiger partial charge in [0.05, 0.1) is 17.2 Å². The summed E-state index contributed by atoms with van der Waals surface area (Å²) in [7, 11) is 0. The normalized spacial score (nSPS) is 20.9. The van der Waals surface area contributed by atoms with E-state index in [1.54, 1.807) is 25.1 Å². The van der Waals surface area contributed by atoms with E-state index < -0.39 is 6.10 Å². The minimum absolute atomic E-state index is 0.0354. The Kier molecular flexibility index (Phi) is 5.73. The van der Waals surface area contributed by atoms with Gasteiger partial charge in [0.1, 0.15) is 5.75 Å². The third-order valence-electron chi connectivity index (χ3n) is 3.46. The summed E-state index contributed by atoms with van der Waals surface area (Å²) in [5, 5.41) is 3.82. The van der Waals surface area contributed by atoms with Crippen molar-refractivity contribution in [3.63, 3.8) is 0 Å². The number of amides is 1. The van der Waals surface area contributed by atoms with Crippen molar-refractivity contribution >= 4 is 29.1 Å². The Balaban J connectivity index is 1.89. The van der Waals surface area contributed by atoms with Gasteiger partial charge in [-0.05, 0) is 44.9 Å². The summed E-state index contributed by atoms with van der Waals surface area (Å²) < 4.78 is 11.1. The predicted octanol–water partition coefficient (Wildman–Crippen LogP) is 3.44. The summed E-state index contributed by atoms with van der Waals surface area (Å²) >= 11 is 11.9. The van der Waals surface area contributed by atoms with Crippen molar-refractivity contribution in [2.45, 2.75) is 44.9 Å². The molecule has 3 atom stereocenters. The standard InChI is InChI=1S/C15H19Cl2NO3/c1-9(13-4-3-7-20-13)18-15(19)10(2)21-14-6-5-11(16)8-12(14)17/h5-6,8-10,13H,3-4,7H2,1-2H3,(H,18,19)/t9-,10-,13+/m1/s1. The lowest BCUT2D eigenvalue weighted by molar-refractivity contribution is -0.128. The number of carbonyl (C=O) groups is 1. The summed E-state index contributed by atoms with van der Waals surface area (Å²) in [4.78, 5) is 12.1. The molecule has 0 saturated carbocycles. The van der Waals surface area contributed by atoms with Gasteiger partial charge in [-0.25, -0.2) is 0 Å². The lowest BCUT2D eigenvalue weighted by Gasteiger charge is -2.22. The molecule has 0 aromatic heterocycles. The summed E-state index contributed by atoms with van der Waals surface area (Å²) in [6.07, 6.45) is 1.45. The number of nitrogens with one attached hydrogen (secondary N) is 1. The lowest BCUT2D eigenvalue weighted by Crippen LogP contribution is -2.46. The van der Waals surface area contributed by atoms with E-state index in [1.165, 1.54) is 0 Å². The van der Waals surface area contributed by atoms with Crippen LogP contribution >= 0.6 is 23.2 Å². The zero-order chi connectivity index (χ0) is 15.4.